The monoisotopic (exact) mass is 462 g/mol. The highest BCUT2D eigenvalue weighted by Gasteiger charge is 2.48. The number of aliphatic hydroxyl groups is 1. The van der Waals surface area contributed by atoms with Gasteiger partial charge in [0.1, 0.15) is 11.5 Å². The molecule has 0 spiro atoms. The highest BCUT2D eigenvalue weighted by atomic mass is 16.5. The number of ketones is 1. The molecule has 176 valence electrons. The number of aromatic nitrogens is 1. The Bertz CT molecular complexity index is 1270. The summed E-state index contributed by atoms with van der Waals surface area (Å²) in [5.74, 6) is -0.0804. The molecule has 1 aliphatic rings. The highest BCUT2D eigenvalue weighted by molar-refractivity contribution is 6.51. The number of benzene rings is 2. The van der Waals surface area contributed by atoms with Gasteiger partial charge in [0.05, 0.1) is 25.8 Å². The van der Waals surface area contributed by atoms with Crippen molar-refractivity contribution in [3.63, 3.8) is 0 Å². The minimum absolute atomic E-state index is 0.0461. The van der Waals surface area contributed by atoms with Gasteiger partial charge in [0.25, 0.3) is 5.78 Å². The number of carbonyl (C=O) groups is 2. The van der Waals surface area contributed by atoms with Crippen LogP contribution in [-0.2, 0) is 9.59 Å². The average Bonchev–Trinajstić information content (AvgIpc) is 3.38. The summed E-state index contributed by atoms with van der Waals surface area (Å²) in [7, 11) is 2.98. The van der Waals surface area contributed by atoms with Crippen molar-refractivity contribution >= 4 is 23.3 Å². The first-order valence-corrected chi connectivity index (χ1v) is 10.8. The molecule has 1 fully saturated rings. The quantitative estimate of drug-likeness (QED) is 0.320. The van der Waals surface area contributed by atoms with Crippen LogP contribution >= 0.6 is 0 Å². The first-order valence-electron chi connectivity index (χ1n) is 10.8. The molecule has 8 heteroatoms. The van der Waals surface area contributed by atoms with Crippen molar-refractivity contribution in [3.05, 3.63) is 76.6 Å². The van der Waals surface area contributed by atoms with Crippen LogP contribution in [0.1, 0.15) is 48.3 Å². The molecule has 2 heterocycles. The molecule has 8 nitrogen and oxygen atoms in total. The van der Waals surface area contributed by atoms with Gasteiger partial charge in [0.2, 0.25) is 0 Å². The molecule has 0 bridgehead atoms. The second-order valence-electron chi connectivity index (χ2n) is 8.36. The van der Waals surface area contributed by atoms with E-state index >= 15 is 0 Å². The summed E-state index contributed by atoms with van der Waals surface area (Å²) in [5, 5.41) is 15.2. The SMILES string of the molecule is COc1ccc(C(O)=C2C(=O)C(=O)N(c3cc(C)on3)[C@@H]2c2ccc(C(C)C)cc2)cc1OC. The number of methoxy groups -OCH3 is 2. The molecule has 2 aromatic carbocycles. The summed E-state index contributed by atoms with van der Waals surface area (Å²) in [4.78, 5) is 27.6. The third-order valence-corrected chi connectivity index (χ3v) is 5.88. The van der Waals surface area contributed by atoms with Gasteiger partial charge in [0, 0.05) is 11.6 Å². The summed E-state index contributed by atoms with van der Waals surface area (Å²) in [6.45, 7) is 5.86. The van der Waals surface area contributed by atoms with E-state index in [2.05, 4.69) is 19.0 Å². The molecular weight excluding hydrogens is 436 g/mol. The zero-order valence-corrected chi connectivity index (χ0v) is 19.7. The third-order valence-electron chi connectivity index (χ3n) is 5.88. The van der Waals surface area contributed by atoms with Gasteiger partial charge in [-0.15, -0.1) is 0 Å². The summed E-state index contributed by atoms with van der Waals surface area (Å²) < 4.78 is 15.8. The van der Waals surface area contributed by atoms with E-state index in [4.69, 9.17) is 14.0 Å². The molecule has 0 aliphatic carbocycles. The normalized spacial score (nSPS) is 17.5. The molecule has 34 heavy (non-hydrogen) atoms. The number of aliphatic hydroxyl groups excluding tert-OH is 1. The summed E-state index contributed by atoms with van der Waals surface area (Å²) >= 11 is 0. The molecule has 0 saturated carbocycles. The van der Waals surface area contributed by atoms with Gasteiger partial charge in [-0.25, -0.2) is 0 Å². The number of hydrogen-bond acceptors (Lipinski definition) is 7. The van der Waals surface area contributed by atoms with E-state index in [9.17, 15) is 14.7 Å². The van der Waals surface area contributed by atoms with E-state index in [0.717, 1.165) is 5.56 Å². The predicted molar refractivity (Wildman–Crippen MR) is 126 cm³/mol. The van der Waals surface area contributed by atoms with E-state index < -0.39 is 17.7 Å². The zero-order valence-electron chi connectivity index (χ0n) is 19.7. The van der Waals surface area contributed by atoms with Crippen molar-refractivity contribution in [2.75, 3.05) is 19.1 Å². The second kappa shape index (κ2) is 9.05. The Morgan fingerprint density at radius 3 is 2.26 bits per heavy atom. The number of hydrogen-bond donors (Lipinski definition) is 1. The van der Waals surface area contributed by atoms with E-state index in [1.165, 1.54) is 19.1 Å². The van der Waals surface area contributed by atoms with Gasteiger partial charge < -0.3 is 19.1 Å². The van der Waals surface area contributed by atoms with Gasteiger partial charge in [-0.05, 0) is 42.2 Å². The number of Topliss-reactive ketones (excluding diaryl/α,β-unsaturated/α-hetero) is 1. The van der Waals surface area contributed by atoms with E-state index in [0.29, 0.717) is 34.3 Å². The van der Waals surface area contributed by atoms with Crippen LogP contribution in [0.4, 0.5) is 5.82 Å². The van der Waals surface area contributed by atoms with Crippen LogP contribution in [0.3, 0.4) is 0 Å². The third kappa shape index (κ3) is 3.91. The van der Waals surface area contributed by atoms with Crippen molar-refractivity contribution in [1.82, 2.24) is 5.16 Å². The van der Waals surface area contributed by atoms with Crippen LogP contribution in [0.25, 0.3) is 5.76 Å². The lowest BCUT2D eigenvalue weighted by Crippen LogP contribution is -2.29. The smallest absolute Gasteiger partial charge is 0.301 e. The van der Waals surface area contributed by atoms with Gasteiger partial charge in [-0.3, -0.25) is 14.5 Å². The Hall–Kier alpha value is -4.07. The molecule has 1 aliphatic heterocycles. The Kier molecular flexibility index (Phi) is 6.15. The Morgan fingerprint density at radius 1 is 1.03 bits per heavy atom. The molecule has 1 N–H and O–H groups in total. The topological polar surface area (TPSA) is 102 Å². The van der Waals surface area contributed by atoms with Crippen molar-refractivity contribution in [1.29, 1.82) is 0 Å². The van der Waals surface area contributed by atoms with Gasteiger partial charge in [-0.1, -0.05) is 43.3 Å². The molecule has 1 atom stereocenters. The lowest BCUT2D eigenvalue weighted by Gasteiger charge is -2.23. The number of amides is 1. The fourth-order valence-electron chi connectivity index (χ4n) is 4.05. The van der Waals surface area contributed by atoms with Gasteiger partial charge >= 0.3 is 5.91 Å². The van der Waals surface area contributed by atoms with E-state index in [1.807, 2.05) is 24.3 Å². The number of nitrogens with zero attached hydrogens (tertiary/aromatic N) is 2. The highest BCUT2D eigenvalue weighted by Crippen LogP contribution is 2.43. The molecule has 1 aromatic heterocycles. The molecule has 0 radical (unpaired) electrons. The van der Waals surface area contributed by atoms with E-state index in [1.54, 1.807) is 31.2 Å². The standard InChI is InChI=1S/C26H26N2O6/c1-14(2)16-6-8-17(9-7-16)23-22(24(29)18-10-11-19(32-4)20(13-18)33-5)25(30)26(31)28(23)21-12-15(3)34-27-21/h6-14,23,29H,1-5H3/t23-/m1/s1. The summed E-state index contributed by atoms with van der Waals surface area (Å²) in [6.07, 6.45) is 0. The number of anilines is 1. The average molecular weight is 463 g/mol. The molecule has 1 saturated heterocycles. The van der Waals surface area contributed by atoms with E-state index in [-0.39, 0.29) is 17.2 Å². The van der Waals surface area contributed by atoms with Gasteiger partial charge in [-0.2, -0.15) is 0 Å². The lowest BCUT2D eigenvalue weighted by molar-refractivity contribution is -0.132. The summed E-state index contributed by atoms with van der Waals surface area (Å²) in [5.41, 5.74) is 2.04. The Labute approximate surface area is 197 Å². The number of carbonyl (C=O) groups excluding carboxylic acids is 2. The Morgan fingerprint density at radius 2 is 1.71 bits per heavy atom. The van der Waals surface area contributed by atoms with Crippen LogP contribution in [-0.4, -0.2) is 36.2 Å². The number of ether oxygens (including phenoxy) is 2. The largest absolute Gasteiger partial charge is 0.507 e. The summed E-state index contributed by atoms with van der Waals surface area (Å²) in [6, 6.07) is 13.1. The first-order chi connectivity index (χ1) is 16.3. The molecule has 4 rings (SSSR count). The van der Waals surface area contributed by atoms with Gasteiger partial charge in [0.15, 0.2) is 17.3 Å². The van der Waals surface area contributed by atoms with Crippen LogP contribution in [0.15, 0.2) is 58.6 Å². The van der Waals surface area contributed by atoms with Crippen LogP contribution < -0.4 is 14.4 Å². The van der Waals surface area contributed by atoms with Crippen LogP contribution in [0.2, 0.25) is 0 Å². The Balaban J connectivity index is 1.92. The molecule has 3 aromatic rings. The maximum absolute atomic E-state index is 13.2. The lowest BCUT2D eigenvalue weighted by atomic mass is 9.93. The van der Waals surface area contributed by atoms with Crippen molar-refractivity contribution in [2.24, 2.45) is 0 Å². The van der Waals surface area contributed by atoms with Crippen molar-refractivity contribution < 1.29 is 28.7 Å². The van der Waals surface area contributed by atoms with Crippen LogP contribution in [0, 0.1) is 6.92 Å². The molecule has 0 unspecified atom stereocenters. The van der Waals surface area contributed by atoms with Crippen molar-refractivity contribution in [2.45, 2.75) is 32.7 Å². The minimum atomic E-state index is -0.890. The van der Waals surface area contributed by atoms with Crippen LogP contribution in [0.5, 0.6) is 11.5 Å². The zero-order chi connectivity index (χ0) is 24.6. The second-order valence-corrected chi connectivity index (χ2v) is 8.36. The number of rotatable bonds is 6. The maximum atomic E-state index is 13.2. The first kappa shape index (κ1) is 23.1. The number of aryl methyl sites for hydroxylation is 1. The fourth-order valence-corrected chi connectivity index (χ4v) is 4.05. The molecule has 1 amide bonds. The van der Waals surface area contributed by atoms with Crippen molar-refractivity contribution in [3.8, 4) is 11.5 Å². The molecular formula is C26H26N2O6. The fraction of sp³-hybridized carbons (Fsp3) is 0.269. The predicted octanol–water partition coefficient (Wildman–Crippen LogP) is 4.75. The minimum Gasteiger partial charge on any atom is -0.507 e. The maximum Gasteiger partial charge on any atom is 0.301 e.